The fourth-order valence-electron chi connectivity index (χ4n) is 14.1. The Labute approximate surface area is 443 Å². The molecule has 0 atom stereocenters. The molecule has 0 bridgehead atoms. The number of hydrogen-bond donors (Lipinski definition) is 0. The molecule has 0 unspecified atom stereocenters. The van der Waals surface area contributed by atoms with Crippen LogP contribution in [0, 0.1) is 0 Å². The highest BCUT2D eigenvalue weighted by molar-refractivity contribution is 7.33. The minimum Gasteiger partial charge on any atom is -0.311 e. The lowest BCUT2D eigenvalue weighted by molar-refractivity contribution is -0.137. The van der Waals surface area contributed by atoms with Crippen molar-refractivity contribution in [3.63, 3.8) is 0 Å². The number of hydrogen-bond acceptors (Lipinski definition) is 3. The predicted octanol–water partition coefficient (Wildman–Crippen LogP) is 18.0. The third-order valence-electron chi connectivity index (χ3n) is 19.2. The van der Waals surface area contributed by atoms with E-state index in [2.05, 4.69) is 180 Å². The first kappa shape index (κ1) is 49.6. The van der Waals surface area contributed by atoms with Crippen molar-refractivity contribution in [2.24, 2.45) is 0 Å². The van der Waals surface area contributed by atoms with Gasteiger partial charge in [0.15, 0.2) is 0 Å². The molecule has 2 nitrogen and oxygen atoms in total. The molecule has 74 heavy (non-hydrogen) atoms. The Balaban J connectivity index is 1.21. The Morgan fingerprint density at radius 1 is 0.486 bits per heavy atom. The summed E-state index contributed by atoms with van der Waals surface area (Å²) in [5, 5.41) is 1.25. The molecule has 0 radical (unpaired) electrons. The van der Waals surface area contributed by atoms with E-state index in [0.29, 0.717) is 5.56 Å². The molecule has 0 saturated carbocycles. The molecule has 2 aliphatic heterocycles. The highest BCUT2D eigenvalue weighted by Crippen LogP contribution is 2.56. The zero-order chi connectivity index (χ0) is 52.8. The molecule has 7 heteroatoms. The minimum atomic E-state index is -4.48. The van der Waals surface area contributed by atoms with Crippen LogP contribution in [0.15, 0.2) is 103 Å². The number of benzene rings is 6. The van der Waals surface area contributed by atoms with Gasteiger partial charge >= 0.3 is 6.18 Å². The van der Waals surface area contributed by atoms with E-state index in [9.17, 15) is 13.2 Å². The summed E-state index contributed by atoms with van der Waals surface area (Å²) in [7, 11) is 0. The molecule has 5 aliphatic rings. The monoisotopic (exact) mass is 1010 g/mol. The Hall–Kier alpha value is -5.27. The molecule has 1 aromatic heterocycles. The van der Waals surface area contributed by atoms with E-state index in [1.54, 1.807) is 12.1 Å². The van der Waals surface area contributed by atoms with Crippen LogP contribution in [0.2, 0.25) is 0 Å². The van der Waals surface area contributed by atoms with Crippen LogP contribution < -0.4 is 25.5 Å². The van der Waals surface area contributed by atoms with Gasteiger partial charge < -0.3 is 9.80 Å². The van der Waals surface area contributed by atoms with Gasteiger partial charge in [-0.1, -0.05) is 146 Å². The second-order valence-corrected chi connectivity index (χ2v) is 29.2. The maximum absolute atomic E-state index is 14.6. The summed E-state index contributed by atoms with van der Waals surface area (Å²) in [4.78, 5) is 5.16. The Kier molecular flexibility index (Phi) is 10.5. The van der Waals surface area contributed by atoms with Crippen LogP contribution >= 0.6 is 11.3 Å². The minimum absolute atomic E-state index is 0.00835. The van der Waals surface area contributed by atoms with Gasteiger partial charge in [0, 0.05) is 43.3 Å². The van der Waals surface area contributed by atoms with Gasteiger partial charge in [-0.2, -0.15) is 13.2 Å². The Morgan fingerprint density at radius 2 is 0.973 bits per heavy atom. The van der Waals surface area contributed by atoms with Crippen molar-refractivity contribution in [2.45, 2.75) is 186 Å². The summed E-state index contributed by atoms with van der Waals surface area (Å²) in [5.41, 5.74) is 19.4. The first-order valence-corrected chi connectivity index (χ1v) is 28.2. The second-order valence-electron chi connectivity index (χ2n) is 28.1. The van der Waals surface area contributed by atoms with Crippen LogP contribution in [0.5, 0.6) is 0 Å². The Bertz CT molecular complexity index is 3500. The van der Waals surface area contributed by atoms with E-state index in [1.165, 1.54) is 99.6 Å². The number of rotatable bonds is 3. The molecule has 382 valence electrons. The van der Waals surface area contributed by atoms with Gasteiger partial charge in [0.1, 0.15) is 0 Å². The van der Waals surface area contributed by atoms with Gasteiger partial charge in [-0.3, -0.25) is 0 Å². The first-order chi connectivity index (χ1) is 34.4. The van der Waals surface area contributed by atoms with E-state index in [1.807, 2.05) is 23.5 Å². The lowest BCUT2D eigenvalue weighted by Gasteiger charge is -2.48. The topological polar surface area (TPSA) is 6.48 Å². The zero-order valence-corrected chi connectivity index (χ0v) is 47.4. The van der Waals surface area contributed by atoms with E-state index in [0.717, 1.165) is 49.9 Å². The lowest BCUT2D eigenvalue weighted by atomic mass is 9.35. The van der Waals surface area contributed by atoms with Crippen molar-refractivity contribution in [1.82, 2.24) is 0 Å². The van der Waals surface area contributed by atoms with E-state index < -0.39 is 11.7 Å². The zero-order valence-electron chi connectivity index (χ0n) is 46.6. The van der Waals surface area contributed by atoms with Gasteiger partial charge in [0.25, 0.3) is 6.71 Å². The summed E-state index contributed by atoms with van der Waals surface area (Å²) in [6, 6.07) is 36.6. The number of anilines is 6. The molecule has 3 aliphatic carbocycles. The standard InChI is InChI=1S/C67H74BF3N2S/c1-60(2,3)40-32-54-57-55(33-40)73(41-22-20-39(21-23-41)43-18-16-17-19-45(43)67(69,70)71)58-44-35-48-51(66(14,15)31-28-63(48,8)9)38-56(44)74-59(58)68(57)52-36-49-50(65(12,13)30-29-64(49,10)11)37-53(52)72(54)42-24-25-46-47(34-42)62(6,7)27-26-61(46,4)5/h16-25,32-38H,26-31H2,1-15H3. The summed E-state index contributed by atoms with van der Waals surface area (Å²) < 4.78 is 46.4. The van der Waals surface area contributed by atoms with Crippen LogP contribution in [0.25, 0.3) is 21.2 Å². The predicted molar refractivity (Wildman–Crippen MR) is 311 cm³/mol. The van der Waals surface area contributed by atoms with Crippen LogP contribution in [0.1, 0.15) is 187 Å². The van der Waals surface area contributed by atoms with Crippen LogP contribution in [0.4, 0.5) is 47.3 Å². The molecule has 12 rings (SSSR count). The van der Waals surface area contributed by atoms with Crippen molar-refractivity contribution in [2.75, 3.05) is 9.80 Å². The normalized spacial score (nSPS) is 20.3. The number of nitrogens with zero attached hydrogens (tertiary/aromatic N) is 2. The summed E-state index contributed by atoms with van der Waals surface area (Å²) in [6.45, 7) is 36.1. The summed E-state index contributed by atoms with van der Waals surface area (Å²) in [5.74, 6) is 0. The van der Waals surface area contributed by atoms with Gasteiger partial charge in [-0.15, -0.1) is 11.3 Å². The molecule has 0 fully saturated rings. The van der Waals surface area contributed by atoms with Crippen LogP contribution in [0.3, 0.4) is 0 Å². The maximum Gasteiger partial charge on any atom is 0.417 e. The number of fused-ring (bicyclic) bond motifs is 9. The molecule has 0 N–H and O–H groups in total. The van der Waals surface area contributed by atoms with Crippen molar-refractivity contribution in [3.8, 4) is 11.1 Å². The van der Waals surface area contributed by atoms with Gasteiger partial charge in [-0.25, -0.2) is 0 Å². The highest BCUT2D eigenvalue weighted by atomic mass is 32.1. The summed E-state index contributed by atoms with van der Waals surface area (Å²) in [6.07, 6.45) is 2.28. The van der Waals surface area contributed by atoms with Crippen molar-refractivity contribution < 1.29 is 13.2 Å². The number of alkyl halides is 3. The summed E-state index contributed by atoms with van der Waals surface area (Å²) >= 11 is 1.96. The molecule has 0 amide bonds. The average Bonchev–Trinajstić information content (AvgIpc) is 3.76. The molecular weight excluding hydrogens is 933 g/mol. The number of halogens is 3. The van der Waals surface area contributed by atoms with E-state index >= 15 is 0 Å². The third kappa shape index (κ3) is 7.38. The molecular formula is C67H74BF3N2S. The maximum atomic E-state index is 14.6. The van der Waals surface area contributed by atoms with Crippen molar-refractivity contribution in [3.05, 3.63) is 148 Å². The first-order valence-electron chi connectivity index (χ1n) is 27.4. The van der Waals surface area contributed by atoms with E-state index in [4.69, 9.17) is 0 Å². The van der Waals surface area contributed by atoms with Crippen molar-refractivity contribution in [1.29, 1.82) is 0 Å². The van der Waals surface area contributed by atoms with E-state index in [-0.39, 0.29) is 50.2 Å². The number of thiophene rings is 1. The fraction of sp³-hybridized carbons (Fsp3) is 0.433. The van der Waals surface area contributed by atoms with Gasteiger partial charge in [0.2, 0.25) is 0 Å². The lowest BCUT2D eigenvalue weighted by Crippen LogP contribution is -2.61. The fourth-order valence-corrected chi connectivity index (χ4v) is 15.4. The SMILES string of the molecule is CC(C)(C)c1cc2c3c(c1)N(c1ccc(-c4ccccc4C(F)(F)F)cc1)c1c(sc4cc5c(cc14)C(C)(C)CCC5(C)C)B3c1cc3c(cc1N2c1ccc2c(c1)C(C)(C)CCC2(C)C)C(C)(C)CCC3(C)C. The quantitative estimate of drug-likeness (QED) is 0.163. The molecule has 0 saturated heterocycles. The second kappa shape index (κ2) is 15.7. The average molecular weight is 1010 g/mol. The molecule has 0 spiro atoms. The van der Waals surface area contributed by atoms with Crippen LogP contribution in [-0.2, 0) is 44.1 Å². The van der Waals surface area contributed by atoms with Crippen molar-refractivity contribution >= 4 is 78.0 Å². The third-order valence-corrected chi connectivity index (χ3v) is 20.4. The Morgan fingerprint density at radius 3 is 1.54 bits per heavy atom. The smallest absolute Gasteiger partial charge is 0.311 e. The molecule has 7 aromatic rings. The molecule has 6 aromatic carbocycles. The van der Waals surface area contributed by atoms with Gasteiger partial charge in [-0.05, 0) is 198 Å². The van der Waals surface area contributed by atoms with Crippen LogP contribution in [-0.4, -0.2) is 6.71 Å². The largest absolute Gasteiger partial charge is 0.417 e. The molecule has 3 heterocycles. The van der Waals surface area contributed by atoms with Gasteiger partial charge in [0.05, 0.1) is 11.3 Å². The highest BCUT2D eigenvalue weighted by Gasteiger charge is 2.50.